The molecule has 2 aliphatic rings. The van der Waals surface area contributed by atoms with Crippen molar-refractivity contribution in [2.24, 2.45) is 16.0 Å². The predicted molar refractivity (Wildman–Crippen MR) is 119 cm³/mol. The van der Waals surface area contributed by atoms with Gasteiger partial charge < -0.3 is 10.2 Å². The van der Waals surface area contributed by atoms with Gasteiger partial charge in [0.1, 0.15) is 19.0 Å². The van der Waals surface area contributed by atoms with E-state index in [0.29, 0.717) is 18.8 Å². The molecule has 2 aromatic rings. The number of fused-ring (bicyclic) bond motifs is 1. The highest BCUT2D eigenvalue weighted by atomic mass is 16.2. The molecule has 2 aromatic heterocycles. The van der Waals surface area contributed by atoms with Crippen LogP contribution in [0.2, 0.25) is 0 Å². The van der Waals surface area contributed by atoms with E-state index in [1.807, 2.05) is 24.3 Å². The molecule has 1 aliphatic carbocycles. The third-order valence-electron chi connectivity index (χ3n) is 5.36. The van der Waals surface area contributed by atoms with Crippen LogP contribution in [-0.4, -0.2) is 64.6 Å². The summed E-state index contributed by atoms with van der Waals surface area (Å²) in [5.41, 5.74) is 2.15. The number of anilines is 1. The Bertz CT molecular complexity index is 980. The molecule has 1 N–H and O–H groups in total. The van der Waals surface area contributed by atoms with Crippen molar-refractivity contribution in [1.82, 2.24) is 19.9 Å². The fourth-order valence-electron chi connectivity index (χ4n) is 3.52. The van der Waals surface area contributed by atoms with Crippen molar-refractivity contribution in [1.29, 1.82) is 0 Å². The lowest BCUT2D eigenvalue weighted by Crippen LogP contribution is -2.35. The molecular formula is C22H27N7O. The number of nitrogens with one attached hydrogen (secondary N) is 1. The maximum absolute atomic E-state index is 12.6. The first kappa shape index (κ1) is 20.0. The summed E-state index contributed by atoms with van der Waals surface area (Å²) in [7, 11) is 2.08. The minimum atomic E-state index is -0.170. The molecule has 0 unspecified atom stereocenters. The molecule has 1 saturated carbocycles. The number of hydrazone groups is 1. The van der Waals surface area contributed by atoms with Gasteiger partial charge in [0, 0.05) is 32.4 Å². The molecule has 30 heavy (non-hydrogen) atoms. The van der Waals surface area contributed by atoms with Gasteiger partial charge in [-0.3, -0.25) is 19.8 Å². The van der Waals surface area contributed by atoms with E-state index in [-0.39, 0.29) is 12.5 Å². The van der Waals surface area contributed by atoms with Gasteiger partial charge in [-0.2, -0.15) is 5.10 Å². The first-order valence-electron chi connectivity index (χ1n) is 10.4. The van der Waals surface area contributed by atoms with Gasteiger partial charge >= 0.3 is 0 Å². The van der Waals surface area contributed by atoms with Gasteiger partial charge in [0.05, 0.1) is 22.9 Å². The molecule has 1 amide bonds. The Labute approximate surface area is 176 Å². The second-order valence-electron chi connectivity index (χ2n) is 7.75. The molecule has 8 nitrogen and oxygen atoms in total. The molecule has 156 valence electrons. The van der Waals surface area contributed by atoms with Crippen LogP contribution < -0.4 is 5.32 Å². The average Bonchev–Trinajstić information content (AvgIpc) is 2.83. The zero-order valence-corrected chi connectivity index (χ0v) is 17.2. The van der Waals surface area contributed by atoms with Gasteiger partial charge in [-0.1, -0.05) is 12.5 Å². The van der Waals surface area contributed by atoms with Crippen molar-refractivity contribution >= 4 is 34.7 Å². The second-order valence-corrected chi connectivity index (χ2v) is 7.75. The van der Waals surface area contributed by atoms with Gasteiger partial charge in [-0.15, -0.1) is 0 Å². The molecular weight excluding hydrogens is 378 g/mol. The summed E-state index contributed by atoms with van der Waals surface area (Å²) in [6.45, 7) is 1.46. The molecule has 3 heterocycles. The Kier molecular flexibility index (Phi) is 6.32. The van der Waals surface area contributed by atoms with Gasteiger partial charge in [0.15, 0.2) is 0 Å². The molecule has 0 spiro atoms. The number of aromatic nitrogens is 2. The Morgan fingerprint density at radius 1 is 1.30 bits per heavy atom. The van der Waals surface area contributed by atoms with Crippen molar-refractivity contribution in [3.63, 3.8) is 0 Å². The van der Waals surface area contributed by atoms with Crippen LogP contribution in [0, 0.1) is 5.92 Å². The van der Waals surface area contributed by atoms with Crippen LogP contribution in [0.3, 0.4) is 0 Å². The van der Waals surface area contributed by atoms with Gasteiger partial charge in [-0.25, -0.2) is 4.99 Å². The fraction of sp³-hybridized carbons (Fsp3) is 0.409. The second kappa shape index (κ2) is 9.47. The Balaban J connectivity index is 1.37. The van der Waals surface area contributed by atoms with Crippen LogP contribution >= 0.6 is 0 Å². The molecule has 0 saturated heterocycles. The van der Waals surface area contributed by atoms with Gasteiger partial charge in [0.2, 0.25) is 5.91 Å². The largest absolute Gasteiger partial charge is 0.360 e. The standard InChI is InChI=1S/C22H27N7O/c1-28(14-17-6-4-7-17)21-9-2-3-11-26-29(16-25-21)15-22(30)27-18-12-20-19(24-13-18)8-5-10-23-20/h2,5,8-13,17H,3-4,6-7,14-16H2,1H3,(H,27,30)/b9-2?,25-21?,26-11-. The van der Waals surface area contributed by atoms with Crippen LogP contribution in [0.15, 0.2) is 52.8 Å². The van der Waals surface area contributed by atoms with Crippen LogP contribution in [0.25, 0.3) is 11.0 Å². The highest BCUT2D eigenvalue weighted by Gasteiger charge is 2.20. The topological polar surface area (TPSA) is 86.1 Å². The summed E-state index contributed by atoms with van der Waals surface area (Å²) in [5, 5.41) is 8.95. The number of hydrogen-bond acceptors (Lipinski definition) is 7. The van der Waals surface area contributed by atoms with Gasteiger partial charge in [-0.05, 0) is 43.0 Å². The summed E-state index contributed by atoms with van der Waals surface area (Å²) in [4.78, 5) is 28.1. The van der Waals surface area contributed by atoms with Crippen LogP contribution in [0.1, 0.15) is 25.7 Å². The Hall–Kier alpha value is -3.29. The highest BCUT2D eigenvalue weighted by Crippen LogP contribution is 2.26. The number of amidine groups is 1. The van der Waals surface area contributed by atoms with Crippen molar-refractivity contribution in [3.8, 4) is 0 Å². The summed E-state index contributed by atoms with van der Waals surface area (Å²) in [6.07, 6.45) is 13.9. The van der Waals surface area contributed by atoms with E-state index in [0.717, 1.165) is 29.3 Å². The van der Waals surface area contributed by atoms with E-state index < -0.39 is 0 Å². The predicted octanol–water partition coefficient (Wildman–Crippen LogP) is 2.90. The number of likely N-dealkylation sites (N-methyl/N-ethyl adjacent to an activating group) is 1. The summed E-state index contributed by atoms with van der Waals surface area (Å²) in [6, 6.07) is 5.54. The lowest BCUT2D eigenvalue weighted by molar-refractivity contribution is -0.117. The number of aliphatic imine (C=N–C) groups is 1. The van der Waals surface area contributed by atoms with Crippen LogP contribution in [0.4, 0.5) is 5.69 Å². The van der Waals surface area contributed by atoms with E-state index in [1.54, 1.807) is 23.6 Å². The SMILES string of the molecule is CN(CC1CCC1)C1=NCN(CC(=O)Nc2cnc3cccnc3c2)/N=C\CC=C1. The quantitative estimate of drug-likeness (QED) is 0.827. The third-order valence-corrected chi connectivity index (χ3v) is 5.36. The number of nitrogens with zero attached hydrogens (tertiary/aromatic N) is 6. The number of carbonyl (C=O) groups is 1. The average molecular weight is 406 g/mol. The zero-order valence-electron chi connectivity index (χ0n) is 17.2. The van der Waals surface area contributed by atoms with E-state index in [1.165, 1.54) is 19.3 Å². The number of amides is 1. The number of pyridine rings is 2. The Morgan fingerprint density at radius 3 is 3.03 bits per heavy atom. The molecule has 8 heteroatoms. The number of hydrogen-bond donors (Lipinski definition) is 1. The van der Waals surface area contributed by atoms with Crippen molar-refractivity contribution in [2.75, 3.05) is 32.1 Å². The highest BCUT2D eigenvalue weighted by molar-refractivity contribution is 5.94. The normalized spacial score (nSPS) is 18.0. The number of allylic oxidation sites excluding steroid dienone is 1. The molecule has 0 radical (unpaired) electrons. The maximum Gasteiger partial charge on any atom is 0.245 e. The van der Waals surface area contributed by atoms with Crippen molar-refractivity contribution < 1.29 is 4.79 Å². The fourth-order valence-corrected chi connectivity index (χ4v) is 3.52. The minimum absolute atomic E-state index is 0.111. The summed E-state index contributed by atoms with van der Waals surface area (Å²) in [5.74, 6) is 1.53. The number of carbonyl (C=O) groups excluding carboxylic acids is 1. The molecule has 4 rings (SSSR count). The molecule has 0 aromatic carbocycles. The first-order chi connectivity index (χ1) is 14.7. The first-order valence-corrected chi connectivity index (χ1v) is 10.4. The van der Waals surface area contributed by atoms with E-state index in [9.17, 15) is 4.79 Å². The van der Waals surface area contributed by atoms with E-state index >= 15 is 0 Å². The summed E-state index contributed by atoms with van der Waals surface area (Å²) >= 11 is 0. The molecule has 0 atom stereocenters. The van der Waals surface area contributed by atoms with Gasteiger partial charge in [0.25, 0.3) is 0 Å². The zero-order chi connectivity index (χ0) is 20.8. The van der Waals surface area contributed by atoms with E-state index in [2.05, 4.69) is 38.4 Å². The van der Waals surface area contributed by atoms with Crippen molar-refractivity contribution in [2.45, 2.75) is 25.7 Å². The van der Waals surface area contributed by atoms with Crippen LogP contribution in [0.5, 0.6) is 0 Å². The molecule has 1 fully saturated rings. The smallest absolute Gasteiger partial charge is 0.245 e. The lowest BCUT2D eigenvalue weighted by atomic mass is 9.85. The monoisotopic (exact) mass is 405 g/mol. The lowest BCUT2D eigenvalue weighted by Gasteiger charge is -2.31. The van der Waals surface area contributed by atoms with Crippen molar-refractivity contribution in [3.05, 3.63) is 42.7 Å². The minimum Gasteiger partial charge on any atom is -0.360 e. The number of rotatable bonds is 5. The molecule has 0 bridgehead atoms. The third kappa shape index (κ3) is 5.20. The maximum atomic E-state index is 12.6. The van der Waals surface area contributed by atoms with E-state index in [4.69, 9.17) is 4.99 Å². The molecule has 1 aliphatic heterocycles. The van der Waals surface area contributed by atoms with Crippen LogP contribution in [-0.2, 0) is 4.79 Å². The Morgan fingerprint density at radius 2 is 2.20 bits per heavy atom. The summed E-state index contributed by atoms with van der Waals surface area (Å²) < 4.78 is 0.